The molecule has 3 heterocycles. The van der Waals surface area contributed by atoms with Crippen LogP contribution in [0.25, 0.3) is 16.0 Å². The molecule has 0 N–H and O–H groups in total. The average molecular weight is 503 g/mol. The molecule has 5 rings (SSSR count). The highest BCUT2D eigenvalue weighted by Gasteiger charge is 2.23. The zero-order valence-electron chi connectivity index (χ0n) is 20.1. The highest BCUT2D eigenvalue weighted by Crippen LogP contribution is 2.34. The van der Waals surface area contributed by atoms with Crippen LogP contribution in [-0.4, -0.2) is 36.7 Å². The molecular weight excluding hydrogens is 476 g/mol. The lowest BCUT2D eigenvalue weighted by Gasteiger charge is -2.21. The summed E-state index contributed by atoms with van der Waals surface area (Å²) < 4.78 is 2.83. The van der Waals surface area contributed by atoms with Crippen LogP contribution in [0.2, 0.25) is 0 Å². The summed E-state index contributed by atoms with van der Waals surface area (Å²) in [5.41, 5.74) is 5.82. The molecule has 0 aliphatic rings. The third-order valence-electron chi connectivity index (χ3n) is 6.13. The van der Waals surface area contributed by atoms with Crippen molar-refractivity contribution < 1.29 is 4.79 Å². The van der Waals surface area contributed by atoms with Crippen LogP contribution in [-0.2, 0) is 17.6 Å². The number of fused-ring (bicyclic) bond motifs is 2. The highest BCUT2D eigenvalue weighted by molar-refractivity contribution is 7.98. The van der Waals surface area contributed by atoms with Crippen LogP contribution in [0.3, 0.4) is 0 Å². The van der Waals surface area contributed by atoms with Crippen molar-refractivity contribution in [2.45, 2.75) is 45.2 Å². The Morgan fingerprint density at radius 2 is 1.83 bits per heavy atom. The summed E-state index contributed by atoms with van der Waals surface area (Å²) in [6, 6.07) is 16.1. The molecule has 3 aromatic heterocycles. The van der Waals surface area contributed by atoms with Crippen molar-refractivity contribution in [1.29, 1.82) is 0 Å². The van der Waals surface area contributed by atoms with E-state index < -0.39 is 0 Å². The maximum atomic E-state index is 13.7. The minimum Gasteiger partial charge on any atom is -0.274 e. The molecule has 178 valence electrons. The second-order valence-electron chi connectivity index (χ2n) is 8.28. The van der Waals surface area contributed by atoms with E-state index in [-0.39, 0.29) is 5.91 Å². The summed E-state index contributed by atoms with van der Waals surface area (Å²) >= 11 is 3.02. The second-order valence-corrected chi connectivity index (χ2v) is 10.1. The van der Waals surface area contributed by atoms with Gasteiger partial charge in [0.1, 0.15) is 0 Å². The molecule has 1 amide bonds. The number of hydrogen-bond acceptors (Lipinski definition) is 7. The van der Waals surface area contributed by atoms with Crippen molar-refractivity contribution in [2.75, 3.05) is 11.2 Å². The van der Waals surface area contributed by atoms with Crippen molar-refractivity contribution in [3.05, 3.63) is 71.0 Å². The van der Waals surface area contributed by atoms with Gasteiger partial charge in [0, 0.05) is 17.8 Å². The van der Waals surface area contributed by atoms with E-state index in [2.05, 4.69) is 34.1 Å². The second kappa shape index (κ2) is 9.75. The van der Waals surface area contributed by atoms with Crippen LogP contribution < -0.4 is 4.90 Å². The van der Waals surface area contributed by atoms with E-state index in [0.29, 0.717) is 28.9 Å². The molecule has 9 heteroatoms. The predicted molar refractivity (Wildman–Crippen MR) is 143 cm³/mol. The van der Waals surface area contributed by atoms with E-state index >= 15 is 0 Å². The number of thiazole rings is 1. The number of aromatic nitrogens is 5. The van der Waals surface area contributed by atoms with Gasteiger partial charge in [0.25, 0.3) is 5.78 Å². The molecule has 0 radical (unpaired) electrons. The molecule has 0 saturated carbocycles. The van der Waals surface area contributed by atoms with E-state index in [1.807, 2.05) is 56.5 Å². The van der Waals surface area contributed by atoms with Crippen LogP contribution >= 0.6 is 23.1 Å². The molecule has 0 bridgehead atoms. The van der Waals surface area contributed by atoms with Crippen molar-refractivity contribution in [2.24, 2.45) is 0 Å². The lowest BCUT2D eigenvalue weighted by molar-refractivity contribution is -0.117. The Hall–Kier alpha value is -3.30. The standard InChI is InChI=1S/C26H26N6OS2/c1-5-18-10-12-19(13-11-18)31(26-28-21-8-6-7-9-22(21)35-26)23(33)15-14-20-16(2)27-24-29-25(34-4)30-32(24)17(20)3/h6-13H,5,14-15H2,1-4H3. The van der Waals surface area contributed by atoms with Crippen molar-refractivity contribution in [1.82, 2.24) is 24.6 Å². The summed E-state index contributed by atoms with van der Waals surface area (Å²) in [5.74, 6) is 0.585. The van der Waals surface area contributed by atoms with Crippen molar-refractivity contribution in [3.8, 4) is 0 Å². The fourth-order valence-electron chi connectivity index (χ4n) is 4.18. The molecule has 0 saturated heterocycles. The van der Waals surface area contributed by atoms with Crippen molar-refractivity contribution in [3.63, 3.8) is 0 Å². The van der Waals surface area contributed by atoms with E-state index in [0.717, 1.165) is 39.3 Å². The molecule has 0 aliphatic heterocycles. The number of benzene rings is 2. The SMILES string of the molecule is CCc1ccc(N(C(=O)CCc2c(C)nc3nc(SC)nn3c2C)c2nc3ccccc3s2)cc1. The summed E-state index contributed by atoms with van der Waals surface area (Å²) in [7, 11) is 0. The number of aryl methyl sites for hydroxylation is 3. The van der Waals surface area contributed by atoms with Crippen LogP contribution in [0.4, 0.5) is 10.8 Å². The first-order valence-corrected chi connectivity index (χ1v) is 13.6. The Bertz CT molecular complexity index is 1490. The normalized spacial score (nSPS) is 11.4. The minimum absolute atomic E-state index is 0.00408. The first-order chi connectivity index (χ1) is 17.0. The van der Waals surface area contributed by atoms with Gasteiger partial charge < -0.3 is 0 Å². The van der Waals surface area contributed by atoms with Gasteiger partial charge in [-0.05, 0) is 68.3 Å². The number of para-hydroxylation sites is 1. The zero-order chi connectivity index (χ0) is 24.5. The van der Waals surface area contributed by atoms with E-state index in [1.54, 1.807) is 9.42 Å². The quantitative estimate of drug-likeness (QED) is 0.257. The van der Waals surface area contributed by atoms with Gasteiger partial charge in [-0.2, -0.15) is 4.98 Å². The first kappa shape index (κ1) is 23.4. The van der Waals surface area contributed by atoms with Gasteiger partial charge in [0.2, 0.25) is 11.1 Å². The van der Waals surface area contributed by atoms with Crippen LogP contribution in [0.1, 0.15) is 35.9 Å². The number of thioether (sulfide) groups is 1. The third-order valence-corrected chi connectivity index (χ3v) is 7.69. The van der Waals surface area contributed by atoms with Gasteiger partial charge in [-0.1, -0.05) is 54.3 Å². The Kier molecular flexibility index (Phi) is 6.53. The van der Waals surface area contributed by atoms with Gasteiger partial charge in [-0.15, -0.1) is 5.10 Å². The Morgan fingerprint density at radius 3 is 2.54 bits per heavy atom. The molecule has 0 fully saturated rings. The fraction of sp³-hybridized carbons (Fsp3) is 0.269. The van der Waals surface area contributed by atoms with Gasteiger partial charge in [-0.25, -0.2) is 14.5 Å². The lowest BCUT2D eigenvalue weighted by atomic mass is 10.1. The molecule has 0 atom stereocenters. The number of amides is 1. The number of hydrogen-bond donors (Lipinski definition) is 0. The number of carbonyl (C=O) groups excluding carboxylic acids is 1. The first-order valence-electron chi connectivity index (χ1n) is 11.5. The highest BCUT2D eigenvalue weighted by atomic mass is 32.2. The molecule has 5 aromatic rings. The molecule has 2 aromatic carbocycles. The number of carbonyl (C=O) groups is 1. The zero-order valence-corrected chi connectivity index (χ0v) is 21.8. The Labute approximate surface area is 212 Å². The van der Waals surface area contributed by atoms with Crippen molar-refractivity contribution >= 4 is 55.8 Å². The minimum atomic E-state index is -0.00408. The summed E-state index contributed by atoms with van der Waals surface area (Å²) in [6.45, 7) is 6.10. The number of anilines is 2. The molecule has 7 nitrogen and oxygen atoms in total. The maximum absolute atomic E-state index is 13.7. The molecule has 35 heavy (non-hydrogen) atoms. The summed E-state index contributed by atoms with van der Waals surface area (Å²) in [5, 5.41) is 5.90. The average Bonchev–Trinajstić information content (AvgIpc) is 3.48. The number of rotatable bonds is 7. The predicted octanol–water partition coefficient (Wildman–Crippen LogP) is 5.93. The van der Waals surface area contributed by atoms with Gasteiger partial charge in [0.05, 0.1) is 15.9 Å². The Morgan fingerprint density at radius 1 is 1.06 bits per heavy atom. The molecule has 0 aliphatic carbocycles. The van der Waals surface area contributed by atoms with Crippen LogP contribution in [0, 0.1) is 13.8 Å². The molecule has 0 spiro atoms. The largest absolute Gasteiger partial charge is 0.274 e. The van der Waals surface area contributed by atoms with E-state index in [1.165, 1.54) is 28.7 Å². The van der Waals surface area contributed by atoms with Gasteiger partial charge >= 0.3 is 0 Å². The van der Waals surface area contributed by atoms with Gasteiger partial charge in [-0.3, -0.25) is 9.69 Å². The number of nitrogens with zero attached hydrogens (tertiary/aromatic N) is 6. The topological polar surface area (TPSA) is 76.3 Å². The van der Waals surface area contributed by atoms with E-state index in [9.17, 15) is 4.79 Å². The monoisotopic (exact) mass is 502 g/mol. The smallest absolute Gasteiger partial charge is 0.253 e. The third kappa shape index (κ3) is 4.53. The van der Waals surface area contributed by atoms with Crippen LogP contribution in [0.5, 0.6) is 0 Å². The molecular formula is C26H26N6OS2. The fourth-order valence-corrected chi connectivity index (χ4v) is 5.52. The summed E-state index contributed by atoms with van der Waals surface area (Å²) in [4.78, 5) is 29.3. The summed E-state index contributed by atoms with van der Waals surface area (Å²) in [6.07, 6.45) is 3.77. The van der Waals surface area contributed by atoms with Gasteiger partial charge in [0.15, 0.2) is 5.13 Å². The Balaban J connectivity index is 1.48. The lowest BCUT2D eigenvalue weighted by Crippen LogP contribution is -2.26. The van der Waals surface area contributed by atoms with E-state index in [4.69, 9.17) is 4.98 Å². The molecule has 0 unspecified atom stereocenters. The van der Waals surface area contributed by atoms with Crippen LogP contribution in [0.15, 0.2) is 53.7 Å². The maximum Gasteiger partial charge on any atom is 0.253 e.